The van der Waals surface area contributed by atoms with Crippen molar-refractivity contribution in [3.05, 3.63) is 74.8 Å². The van der Waals surface area contributed by atoms with Crippen LogP contribution >= 0.6 is 11.3 Å². The van der Waals surface area contributed by atoms with E-state index in [1.54, 1.807) is 31.5 Å². The molecule has 144 valence electrons. The molecule has 9 heteroatoms. The Morgan fingerprint density at radius 1 is 1.25 bits per heavy atom. The second-order valence-corrected chi connectivity index (χ2v) is 6.66. The van der Waals surface area contributed by atoms with Crippen molar-refractivity contribution in [2.75, 3.05) is 12.4 Å². The molecule has 0 aliphatic rings. The number of carbonyl (C=O) groups is 1. The number of ether oxygens (including phenoxy) is 2. The van der Waals surface area contributed by atoms with Gasteiger partial charge in [-0.2, -0.15) is 0 Å². The quantitative estimate of drug-likeness (QED) is 0.355. The first kappa shape index (κ1) is 19.3. The van der Waals surface area contributed by atoms with Crippen LogP contribution in [0.2, 0.25) is 0 Å². The molecular weight excluding hydrogens is 382 g/mol. The van der Waals surface area contributed by atoms with Crippen molar-refractivity contribution in [3.8, 4) is 5.75 Å². The number of anilines is 2. The molecule has 0 saturated carbocycles. The second-order valence-electron chi connectivity index (χ2n) is 5.80. The SMILES string of the molecule is COc1ccc(Nc2nc(COC(=O)c3cccc(C)c3[N+](=O)[O-])cs2)cc1. The fraction of sp³-hybridized carbons (Fsp3) is 0.158. The Morgan fingerprint density at radius 3 is 2.68 bits per heavy atom. The first-order valence-corrected chi connectivity index (χ1v) is 9.12. The monoisotopic (exact) mass is 399 g/mol. The smallest absolute Gasteiger partial charge is 0.345 e. The highest BCUT2D eigenvalue weighted by Crippen LogP contribution is 2.25. The van der Waals surface area contributed by atoms with Gasteiger partial charge in [0.05, 0.1) is 17.7 Å². The summed E-state index contributed by atoms with van der Waals surface area (Å²) in [5, 5.41) is 16.7. The van der Waals surface area contributed by atoms with Crippen LogP contribution in [0.15, 0.2) is 47.8 Å². The predicted octanol–water partition coefficient (Wildman–Crippen LogP) is 4.47. The van der Waals surface area contributed by atoms with E-state index in [9.17, 15) is 14.9 Å². The summed E-state index contributed by atoms with van der Waals surface area (Å²) < 4.78 is 10.3. The largest absolute Gasteiger partial charge is 0.497 e. The van der Waals surface area contributed by atoms with Crippen molar-refractivity contribution in [1.29, 1.82) is 0 Å². The lowest BCUT2D eigenvalue weighted by Gasteiger charge is -2.06. The molecule has 8 nitrogen and oxygen atoms in total. The van der Waals surface area contributed by atoms with Gasteiger partial charge in [-0.05, 0) is 37.3 Å². The Labute approximate surface area is 164 Å². The lowest BCUT2D eigenvalue weighted by atomic mass is 10.1. The number of nitrogens with one attached hydrogen (secondary N) is 1. The molecule has 0 unspecified atom stereocenters. The molecule has 0 bridgehead atoms. The number of para-hydroxylation sites is 1. The number of aromatic nitrogens is 1. The summed E-state index contributed by atoms with van der Waals surface area (Å²) >= 11 is 1.36. The van der Waals surface area contributed by atoms with Crippen LogP contribution in [0, 0.1) is 17.0 Å². The minimum Gasteiger partial charge on any atom is -0.497 e. The summed E-state index contributed by atoms with van der Waals surface area (Å²) in [5.74, 6) is -0.00408. The van der Waals surface area contributed by atoms with Crippen LogP contribution in [0.4, 0.5) is 16.5 Å². The predicted molar refractivity (Wildman–Crippen MR) is 105 cm³/mol. The molecule has 0 spiro atoms. The van der Waals surface area contributed by atoms with Gasteiger partial charge in [0.1, 0.15) is 17.9 Å². The zero-order valence-corrected chi connectivity index (χ0v) is 16.0. The third-order valence-electron chi connectivity index (χ3n) is 3.88. The number of nitrogens with zero attached hydrogens (tertiary/aromatic N) is 2. The molecule has 0 saturated heterocycles. The van der Waals surface area contributed by atoms with Gasteiger partial charge in [0.25, 0.3) is 5.69 Å². The van der Waals surface area contributed by atoms with Crippen molar-refractivity contribution in [2.45, 2.75) is 13.5 Å². The minimum absolute atomic E-state index is 0.0724. The molecule has 0 aliphatic heterocycles. The van der Waals surface area contributed by atoms with E-state index in [0.29, 0.717) is 16.4 Å². The Morgan fingerprint density at radius 2 is 2.00 bits per heavy atom. The van der Waals surface area contributed by atoms with E-state index in [-0.39, 0.29) is 17.9 Å². The van der Waals surface area contributed by atoms with Gasteiger partial charge in [-0.25, -0.2) is 9.78 Å². The number of nitro benzene ring substituents is 1. The summed E-state index contributed by atoms with van der Waals surface area (Å²) in [7, 11) is 1.60. The van der Waals surface area contributed by atoms with Gasteiger partial charge >= 0.3 is 5.97 Å². The minimum atomic E-state index is -0.756. The number of nitro groups is 1. The fourth-order valence-corrected chi connectivity index (χ4v) is 3.23. The fourth-order valence-electron chi connectivity index (χ4n) is 2.51. The molecule has 0 amide bonds. The lowest BCUT2D eigenvalue weighted by Crippen LogP contribution is -2.09. The first-order valence-electron chi connectivity index (χ1n) is 8.24. The molecule has 28 heavy (non-hydrogen) atoms. The summed E-state index contributed by atoms with van der Waals surface area (Å²) in [4.78, 5) is 27.3. The van der Waals surface area contributed by atoms with Crippen LogP contribution in [0.3, 0.4) is 0 Å². The molecule has 0 radical (unpaired) electrons. The molecule has 2 aromatic carbocycles. The van der Waals surface area contributed by atoms with Crippen LogP contribution in [0.5, 0.6) is 5.75 Å². The van der Waals surface area contributed by atoms with Crippen molar-refractivity contribution in [1.82, 2.24) is 4.98 Å². The molecule has 1 N–H and O–H groups in total. The van der Waals surface area contributed by atoms with Crippen LogP contribution < -0.4 is 10.1 Å². The Kier molecular flexibility index (Phi) is 5.85. The Balaban J connectivity index is 1.63. The molecule has 0 fully saturated rings. The first-order chi connectivity index (χ1) is 13.5. The number of hydrogen-bond donors (Lipinski definition) is 1. The van der Waals surface area contributed by atoms with E-state index < -0.39 is 10.9 Å². The summed E-state index contributed by atoms with van der Waals surface area (Å²) in [6, 6.07) is 11.9. The van der Waals surface area contributed by atoms with Gasteiger partial charge in [0, 0.05) is 16.6 Å². The third-order valence-corrected chi connectivity index (χ3v) is 4.69. The van der Waals surface area contributed by atoms with Gasteiger partial charge < -0.3 is 14.8 Å². The van der Waals surface area contributed by atoms with Crippen LogP contribution in [-0.2, 0) is 11.3 Å². The highest BCUT2D eigenvalue weighted by molar-refractivity contribution is 7.13. The number of esters is 1. The number of benzene rings is 2. The average molecular weight is 399 g/mol. The van der Waals surface area contributed by atoms with Crippen LogP contribution in [-0.4, -0.2) is 23.0 Å². The maximum atomic E-state index is 12.3. The standard InChI is InChI=1S/C19H17N3O5S/c1-12-4-3-5-16(17(12)22(24)25)18(23)27-10-14-11-28-19(21-14)20-13-6-8-15(26-2)9-7-13/h3-9,11H,10H2,1-2H3,(H,20,21). The van der Waals surface area contributed by atoms with Crippen molar-refractivity contribution in [3.63, 3.8) is 0 Å². The van der Waals surface area contributed by atoms with Crippen LogP contribution in [0.25, 0.3) is 0 Å². The maximum absolute atomic E-state index is 12.3. The lowest BCUT2D eigenvalue weighted by molar-refractivity contribution is -0.385. The number of methoxy groups -OCH3 is 1. The molecule has 3 rings (SSSR count). The van der Waals surface area contributed by atoms with Gasteiger partial charge in [-0.3, -0.25) is 10.1 Å². The molecule has 0 atom stereocenters. The normalized spacial score (nSPS) is 10.4. The zero-order chi connectivity index (χ0) is 20.1. The number of hydrogen-bond acceptors (Lipinski definition) is 8. The third kappa shape index (κ3) is 4.44. The number of aryl methyl sites for hydroxylation is 1. The maximum Gasteiger partial charge on any atom is 0.345 e. The number of carbonyl (C=O) groups excluding carboxylic acids is 1. The molecular formula is C19H17N3O5S. The van der Waals surface area contributed by atoms with Gasteiger partial charge in [-0.15, -0.1) is 11.3 Å². The summed E-state index contributed by atoms with van der Waals surface area (Å²) in [6.45, 7) is 1.50. The van der Waals surface area contributed by atoms with E-state index in [0.717, 1.165) is 11.4 Å². The van der Waals surface area contributed by atoms with Crippen molar-refractivity contribution in [2.24, 2.45) is 0 Å². The van der Waals surface area contributed by atoms with Gasteiger partial charge in [-0.1, -0.05) is 12.1 Å². The van der Waals surface area contributed by atoms with Crippen molar-refractivity contribution >= 4 is 33.8 Å². The molecule has 0 aliphatic carbocycles. The Bertz CT molecular complexity index is 1000. The summed E-state index contributed by atoms with van der Waals surface area (Å²) in [5.41, 5.74) is 1.47. The second kappa shape index (κ2) is 8.49. The van der Waals surface area contributed by atoms with E-state index in [4.69, 9.17) is 9.47 Å². The van der Waals surface area contributed by atoms with Crippen molar-refractivity contribution < 1.29 is 19.2 Å². The molecule has 1 aromatic heterocycles. The molecule has 3 aromatic rings. The highest BCUT2D eigenvalue weighted by atomic mass is 32.1. The zero-order valence-electron chi connectivity index (χ0n) is 15.2. The van der Waals surface area contributed by atoms with E-state index in [1.807, 2.05) is 24.3 Å². The average Bonchev–Trinajstić information content (AvgIpc) is 3.13. The topological polar surface area (TPSA) is 104 Å². The van der Waals surface area contributed by atoms with E-state index in [1.165, 1.54) is 17.4 Å². The van der Waals surface area contributed by atoms with Gasteiger partial charge in [0.15, 0.2) is 5.13 Å². The number of rotatable bonds is 7. The highest BCUT2D eigenvalue weighted by Gasteiger charge is 2.23. The van der Waals surface area contributed by atoms with Crippen LogP contribution in [0.1, 0.15) is 21.6 Å². The Hall–Kier alpha value is -3.46. The summed E-state index contributed by atoms with van der Waals surface area (Å²) in [6.07, 6.45) is 0. The number of thiazole rings is 1. The molecule has 1 heterocycles. The van der Waals surface area contributed by atoms with E-state index >= 15 is 0 Å². The van der Waals surface area contributed by atoms with Gasteiger partial charge in [0.2, 0.25) is 0 Å². The van der Waals surface area contributed by atoms with E-state index in [2.05, 4.69) is 10.3 Å².